The number of carbonyl (C=O) groups excluding carboxylic acids is 1. The fraction of sp³-hybridized carbons (Fsp3) is 0.292. The van der Waals surface area contributed by atoms with Gasteiger partial charge in [-0.15, -0.1) is 5.92 Å². The molecule has 0 radical (unpaired) electrons. The summed E-state index contributed by atoms with van der Waals surface area (Å²) in [5, 5.41) is 1.10. The first-order valence-corrected chi connectivity index (χ1v) is 10.9. The van der Waals surface area contributed by atoms with E-state index >= 15 is 0 Å². The van der Waals surface area contributed by atoms with Gasteiger partial charge < -0.3 is 19.4 Å². The molecule has 1 aromatic heterocycles. The van der Waals surface area contributed by atoms with Crippen molar-refractivity contribution in [1.82, 2.24) is 9.88 Å². The Bertz CT molecular complexity index is 1180. The first-order valence-electron chi connectivity index (χ1n) is 10.1. The number of ether oxygens (including phenoxy) is 2. The Morgan fingerprint density at radius 1 is 1.28 bits per heavy atom. The van der Waals surface area contributed by atoms with Crippen LogP contribution < -0.4 is 4.74 Å². The van der Waals surface area contributed by atoms with Crippen molar-refractivity contribution < 1.29 is 23.0 Å². The van der Waals surface area contributed by atoms with Crippen molar-refractivity contribution in [2.75, 3.05) is 19.8 Å². The molecule has 1 atom stereocenters. The first-order chi connectivity index (χ1) is 15.5. The van der Waals surface area contributed by atoms with E-state index in [1.807, 2.05) is 12.1 Å². The molecular formula is C24H21BrF2N2O3. The number of aromatic nitrogens is 1. The molecule has 0 saturated heterocycles. The van der Waals surface area contributed by atoms with Gasteiger partial charge in [-0.1, -0.05) is 40.0 Å². The number of nitrogens with zero attached hydrogens (tertiary/aromatic N) is 1. The molecule has 166 valence electrons. The lowest BCUT2D eigenvalue weighted by Gasteiger charge is -2.36. The monoisotopic (exact) mass is 502 g/mol. The fourth-order valence-corrected chi connectivity index (χ4v) is 4.42. The van der Waals surface area contributed by atoms with Crippen LogP contribution in [-0.4, -0.2) is 42.2 Å². The van der Waals surface area contributed by atoms with E-state index in [0.29, 0.717) is 13.0 Å². The normalized spacial score (nSPS) is 15.4. The molecule has 2 heterocycles. The molecular weight excluding hydrogens is 482 g/mol. The number of halogens is 3. The lowest BCUT2D eigenvalue weighted by Crippen LogP contribution is -2.42. The highest BCUT2D eigenvalue weighted by Crippen LogP contribution is 2.39. The third-order valence-electron chi connectivity index (χ3n) is 5.41. The van der Waals surface area contributed by atoms with Gasteiger partial charge in [-0.05, 0) is 48.7 Å². The highest BCUT2D eigenvalue weighted by Gasteiger charge is 2.34. The Balaban J connectivity index is 1.72. The second-order valence-electron chi connectivity index (χ2n) is 7.31. The molecule has 0 bridgehead atoms. The smallest absolute Gasteiger partial charge is 0.387 e. The van der Waals surface area contributed by atoms with E-state index in [-0.39, 0.29) is 24.9 Å². The minimum Gasteiger partial charge on any atom is -0.435 e. The average molecular weight is 503 g/mol. The maximum atomic E-state index is 13.0. The van der Waals surface area contributed by atoms with Crippen molar-refractivity contribution >= 4 is 32.7 Å². The number of aromatic amines is 1. The van der Waals surface area contributed by atoms with Gasteiger partial charge >= 0.3 is 6.61 Å². The van der Waals surface area contributed by atoms with E-state index in [0.717, 1.165) is 32.2 Å². The van der Waals surface area contributed by atoms with Crippen molar-refractivity contribution in [3.63, 3.8) is 0 Å². The maximum Gasteiger partial charge on any atom is 0.387 e. The number of hydrogen-bond donors (Lipinski definition) is 1. The number of hydrogen-bond acceptors (Lipinski definition) is 3. The zero-order valence-electron chi connectivity index (χ0n) is 17.3. The summed E-state index contributed by atoms with van der Waals surface area (Å²) in [4.78, 5) is 18.3. The SMILES string of the molecule is CC#CCOCC(=O)N1CCc2c([nH]c3cc(Br)ccc23)C1c1ccc(OC(F)F)cc1. The average Bonchev–Trinajstić information content (AvgIpc) is 3.13. The second-order valence-corrected chi connectivity index (χ2v) is 8.23. The predicted octanol–water partition coefficient (Wildman–Crippen LogP) is 5.05. The summed E-state index contributed by atoms with van der Waals surface area (Å²) in [6.07, 6.45) is 0.695. The van der Waals surface area contributed by atoms with Crippen LogP contribution in [0.1, 0.15) is 29.8 Å². The van der Waals surface area contributed by atoms with E-state index in [2.05, 4.69) is 43.6 Å². The standard InChI is InChI=1S/C24H21BrF2N2O3/c1-2-3-12-31-14-21(30)29-11-10-19-18-9-6-16(25)13-20(18)28-22(19)23(29)15-4-7-17(8-5-15)32-24(26)27/h4-9,13,23-24,28H,10-12,14H2,1H3. The number of rotatable bonds is 6. The third-order valence-corrected chi connectivity index (χ3v) is 5.90. The van der Waals surface area contributed by atoms with Crippen LogP contribution in [0.25, 0.3) is 10.9 Å². The lowest BCUT2D eigenvalue weighted by atomic mass is 9.92. The van der Waals surface area contributed by atoms with E-state index in [9.17, 15) is 13.6 Å². The Labute approximate surface area is 192 Å². The predicted molar refractivity (Wildman–Crippen MR) is 121 cm³/mol. The Kier molecular flexibility index (Phi) is 6.77. The molecule has 32 heavy (non-hydrogen) atoms. The minimum absolute atomic E-state index is 0.0692. The van der Waals surface area contributed by atoms with E-state index in [4.69, 9.17) is 4.74 Å². The summed E-state index contributed by atoms with van der Waals surface area (Å²) < 4.78 is 36.0. The highest BCUT2D eigenvalue weighted by molar-refractivity contribution is 9.10. The van der Waals surface area contributed by atoms with E-state index < -0.39 is 12.7 Å². The number of carbonyl (C=O) groups is 1. The van der Waals surface area contributed by atoms with Crippen molar-refractivity contribution in [1.29, 1.82) is 0 Å². The highest BCUT2D eigenvalue weighted by atomic mass is 79.9. The van der Waals surface area contributed by atoms with Crippen LogP contribution in [0.15, 0.2) is 46.9 Å². The summed E-state index contributed by atoms with van der Waals surface area (Å²) in [6, 6.07) is 12.0. The summed E-state index contributed by atoms with van der Waals surface area (Å²) in [5.41, 5.74) is 3.82. The largest absolute Gasteiger partial charge is 0.435 e. The van der Waals surface area contributed by atoms with Gasteiger partial charge in [-0.2, -0.15) is 8.78 Å². The molecule has 1 N–H and O–H groups in total. The molecule has 0 saturated carbocycles. The minimum atomic E-state index is -2.89. The first kappa shape index (κ1) is 22.3. The number of alkyl halides is 2. The van der Waals surface area contributed by atoms with Crippen molar-refractivity contribution in [2.45, 2.75) is 26.0 Å². The van der Waals surface area contributed by atoms with Crippen LogP contribution in [0.2, 0.25) is 0 Å². The molecule has 8 heteroatoms. The number of H-pyrrole nitrogens is 1. The molecule has 1 amide bonds. The number of benzene rings is 2. The van der Waals surface area contributed by atoms with Crippen molar-refractivity contribution in [3.8, 4) is 17.6 Å². The van der Waals surface area contributed by atoms with Gasteiger partial charge in [0.1, 0.15) is 19.0 Å². The number of amides is 1. The Morgan fingerprint density at radius 3 is 2.78 bits per heavy atom. The zero-order chi connectivity index (χ0) is 22.7. The number of nitrogens with one attached hydrogen (secondary N) is 1. The quantitative estimate of drug-likeness (QED) is 0.379. The van der Waals surface area contributed by atoms with E-state index in [1.54, 1.807) is 24.0 Å². The summed E-state index contributed by atoms with van der Waals surface area (Å²) in [5.74, 6) is 5.42. The summed E-state index contributed by atoms with van der Waals surface area (Å²) in [7, 11) is 0. The fourth-order valence-electron chi connectivity index (χ4n) is 4.06. The summed E-state index contributed by atoms with van der Waals surface area (Å²) in [6.45, 7) is -0.568. The van der Waals surface area contributed by atoms with Gasteiger partial charge in [0.2, 0.25) is 5.91 Å². The molecule has 0 spiro atoms. The third kappa shape index (κ3) is 4.64. The Morgan fingerprint density at radius 2 is 2.06 bits per heavy atom. The zero-order valence-corrected chi connectivity index (χ0v) is 18.9. The molecule has 1 aliphatic heterocycles. The van der Waals surface area contributed by atoms with Gasteiger partial charge in [0.25, 0.3) is 0 Å². The molecule has 4 rings (SSSR count). The van der Waals surface area contributed by atoms with Gasteiger partial charge in [0, 0.05) is 27.6 Å². The van der Waals surface area contributed by atoms with Crippen LogP contribution in [-0.2, 0) is 16.0 Å². The second kappa shape index (κ2) is 9.72. The van der Waals surface area contributed by atoms with Crippen LogP contribution in [0.5, 0.6) is 5.75 Å². The molecule has 3 aromatic rings. The van der Waals surface area contributed by atoms with Crippen molar-refractivity contribution in [2.24, 2.45) is 0 Å². The molecule has 5 nitrogen and oxygen atoms in total. The molecule has 2 aromatic carbocycles. The lowest BCUT2D eigenvalue weighted by molar-refractivity contribution is -0.137. The van der Waals surface area contributed by atoms with Gasteiger partial charge in [-0.3, -0.25) is 4.79 Å². The van der Waals surface area contributed by atoms with Crippen molar-refractivity contribution in [3.05, 3.63) is 63.8 Å². The molecule has 1 aliphatic rings. The molecule has 0 fully saturated rings. The summed E-state index contributed by atoms with van der Waals surface area (Å²) >= 11 is 3.50. The van der Waals surface area contributed by atoms with Gasteiger partial charge in [0.15, 0.2) is 0 Å². The van der Waals surface area contributed by atoms with Crippen LogP contribution in [0.3, 0.4) is 0 Å². The van der Waals surface area contributed by atoms with Crippen LogP contribution in [0, 0.1) is 11.8 Å². The molecule has 0 aliphatic carbocycles. The maximum absolute atomic E-state index is 13.0. The Hall–Kier alpha value is -2.89. The van der Waals surface area contributed by atoms with Crippen LogP contribution in [0.4, 0.5) is 8.78 Å². The number of fused-ring (bicyclic) bond motifs is 3. The van der Waals surface area contributed by atoms with E-state index in [1.165, 1.54) is 12.1 Å². The van der Waals surface area contributed by atoms with Gasteiger partial charge in [-0.25, -0.2) is 0 Å². The topological polar surface area (TPSA) is 54.6 Å². The molecule has 1 unspecified atom stereocenters. The van der Waals surface area contributed by atoms with Gasteiger partial charge in [0.05, 0.1) is 6.04 Å². The van der Waals surface area contributed by atoms with Crippen LogP contribution >= 0.6 is 15.9 Å².